The van der Waals surface area contributed by atoms with Crippen LogP contribution in [0.25, 0.3) is 0 Å². The Kier molecular flexibility index (Phi) is 6.62. The number of rotatable bonds is 3. The predicted molar refractivity (Wildman–Crippen MR) is 82.0 cm³/mol. The second kappa shape index (κ2) is 8.28. The Bertz CT molecular complexity index is 523. The number of thiophene rings is 1. The van der Waals surface area contributed by atoms with Gasteiger partial charge in [0.05, 0.1) is 6.10 Å². The molecule has 0 spiro atoms. The van der Waals surface area contributed by atoms with E-state index in [1.54, 1.807) is 7.11 Å². The van der Waals surface area contributed by atoms with Crippen LogP contribution in [0.3, 0.4) is 0 Å². The van der Waals surface area contributed by atoms with E-state index in [-0.39, 0.29) is 12.2 Å². The standard InChI is InChI=1S/C13H19NO2S.C2HF3O2/c1-15-12-9-14(8-10-4-3-7-17-10)11-5-2-6-16-13(11)12;3-2(4,5)1(6)7/h3-4,7,11-13H,2,5-6,8-9H2,1H3;(H,6,7)/t11-,12+,13+;/m1./s1. The van der Waals surface area contributed by atoms with Gasteiger partial charge in [-0.1, -0.05) is 6.07 Å². The molecule has 3 rings (SSSR count). The predicted octanol–water partition coefficient (Wildman–Crippen LogP) is 2.76. The molecule has 24 heavy (non-hydrogen) atoms. The van der Waals surface area contributed by atoms with Gasteiger partial charge < -0.3 is 14.6 Å². The number of nitrogens with zero attached hydrogens (tertiary/aromatic N) is 1. The summed E-state index contributed by atoms with van der Waals surface area (Å²) in [5.74, 6) is -2.76. The highest BCUT2D eigenvalue weighted by Gasteiger charge is 2.44. The van der Waals surface area contributed by atoms with E-state index in [1.807, 2.05) is 11.3 Å². The molecule has 0 aliphatic carbocycles. The molecule has 136 valence electrons. The van der Waals surface area contributed by atoms with E-state index in [9.17, 15) is 13.2 Å². The highest BCUT2D eigenvalue weighted by atomic mass is 32.1. The minimum absolute atomic E-state index is 0.250. The van der Waals surface area contributed by atoms with Crippen LogP contribution in [0.5, 0.6) is 0 Å². The smallest absolute Gasteiger partial charge is 0.475 e. The van der Waals surface area contributed by atoms with Crippen molar-refractivity contribution < 1.29 is 32.5 Å². The van der Waals surface area contributed by atoms with Gasteiger partial charge in [-0.3, -0.25) is 4.90 Å². The first-order chi connectivity index (χ1) is 11.3. The summed E-state index contributed by atoms with van der Waals surface area (Å²) in [7, 11) is 1.80. The summed E-state index contributed by atoms with van der Waals surface area (Å²) in [6, 6.07) is 4.89. The first-order valence-electron chi connectivity index (χ1n) is 7.54. The minimum atomic E-state index is -5.08. The van der Waals surface area contributed by atoms with Gasteiger partial charge >= 0.3 is 12.1 Å². The van der Waals surface area contributed by atoms with E-state index in [4.69, 9.17) is 19.4 Å². The number of fused-ring (bicyclic) bond motifs is 1. The number of ether oxygens (including phenoxy) is 2. The quantitative estimate of drug-likeness (QED) is 0.890. The van der Waals surface area contributed by atoms with Crippen LogP contribution in [0.15, 0.2) is 17.5 Å². The van der Waals surface area contributed by atoms with Crippen molar-refractivity contribution in [1.82, 2.24) is 4.90 Å². The van der Waals surface area contributed by atoms with Crippen molar-refractivity contribution in [3.8, 4) is 0 Å². The molecule has 9 heteroatoms. The Balaban J connectivity index is 0.000000256. The molecule has 0 bridgehead atoms. The molecule has 3 heterocycles. The second-order valence-corrected chi connectivity index (χ2v) is 6.66. The number of aliphatic carboxylic acids is 1. The van der Waals surface area contributed by atoms with Crippen molar-refractivity contribution in [2.45, 2.75) is 43.8 Å². The largest absolute Gasteiger partial charge is 0.490 e. The number of hydrogen-bond acceptors (Lipinski definition) is 5. The molecule has 1 aromatic heterocycles. The van der Waals surface area contributed by atoms with Crippen molar-refractivity contribution in [1.29, 1.82) is 0 Å². The number of hydrogen-bond donors (Lipinski definition) is 1. The number of methoxy groups -OCH3 is 1. The van der Waals surface area contributed by atoms with Gasteiger partial charge in [-0.05, 0) is 24.3 Å². The number of carbonyl (C=O) groups is 1. The Hall–Kier alpha value is -1.16. The lowest BCUT2D eigenvalue weighted by Gasteiger charge is -2.31. The molecular formula is C15H20F3NO4S. The zero-order chi connectivity index (χ0) is 17.7. The van der Waals surface area contributed by atoms with Crippen molar-refractivity contribution >= 4 is 17.3 Å². The van der Waals surface area contributed by atoms with E-state index >= 15 is 0 Å². The molecule has 0 unspecified atom stereocenters. The Labute approximate surface area is 142 Å². The van der Waals surface area contributed by atoms with Crippen molar-refractivity contribution in [2.24, 2.45) is 0 Å². The van der Waals surface area contributed by atoms with Crippen LogP contribution in [0.2, 0.25) is 0 Å². The van der Waals surface area contributed by atoms with Gasteiger partial charge in [0, 0.05) is 37.7 Å². The van der Waals surface area contributed by atoms with Gasteiger partial charge in [0.2, 0.25) is 0 Å². The first kappa shape index (κ1) is 19.2. The maximum absolute atomic E-state index is 10.6. The molecule has 2 aliphatic rings. The van der Waals surface area contributed by atoms with Crippen LogP contribution in [0.1, 0.15) is 17.7 Å². The van der Waals surface area contributed by atoms with E-state index in [1.165, 1.54) is 17.7 Å². The normalized spacial score (nSPS) is 27.2. The molecule has 0 amide bonds. The van der Waals surface area contributed by atoms with Gasteiger partial charge in [-0.15, -0.1) is 11.3 Å². The van der Waals surface area contributed by atoms with E-state index in [0.717, 1.165) is 19.7 Å². The Morgan fingerprint density at radius 2 is 2.25 bits per heavy atom. The van der Waals surface area contributed by atoms with Crippen LogP contribution in [0, 0.1) is 0 Å². The SMILES string of the molecule is CO[C@H]1CN(Cc2cccs2)[C@@H]2CCCO[C@H]12.O=C(O)C(F)(F)F. The molecular weight excluding hydrogens is 347 g/mol. The molecule has 0 saturated carbocycles. The topological polar surface area (TPSA) is 59.0 Å². The van der Waals surface area contributed by atoms with Gasteiger partial charge in [0.1, 0.15) is 6.10 Å². The summed E-state index contributed by atoms with van der Waals surface area (Å²) in [5, 5.41) is 9.27. The second-order valence-electron chi connectivity index (χ2n) is 5.63. The molecule has 2 fully saturated rings. The fourth-order valence-electron chi connectivity index (χ4n) is 3.00. The van der Waals surface area contributed by atoms with Crippen molar-refractivity contribution in [2.75, 3.05) is 20.3 Å². The first-order valence-corrected chi connectivity index (χ1v) is 8.42. The highest BCUT2D eigenvalue weighted by Crippen LogP contribution is 2.32. The number of carboxylic acids is 1. The van der Waals surface area contributed by atoms with Crippen molar-refractivity contribution in [3.63, 3.8) is 0 Å². The lowest BCUT2D eigenvalue weighted by atomic mass is 10.0. The van der Waals surface area contributed by atoms with Gasteiger partial charge in [-0.2, -0.15) is 13.2 Å². The van der Waals surface area contributed by atoms with Crippen LogP contribution in [-0.2, 0) is 20.8 Å². The van der Waals surface area contributed by atoms with E-state index in [0.29, 0.717) is 6.04 Å². The van der Waals surface area contributed by atoms with Crippen LogP contribution in [0.4, 0.5) is 13.2 Å². The summed E-state index contributed by atoms with van der Waals surface area (Å²) in [4.78, 5) is 12.9. The summed E-state index contributed by atoms with van der Waals surface area (Å²) >= 11 is 1.83. The van der Waals surface area contributed by atoms with Crippen LogP contribution in [-0.4, -0.2) is 60.7 Å². The molecule has 0 radical (unpaired) electrons. The highest BCUT2D eigenvalue weighted by molar-refractivity contribution is 7.09. The Morgan fingerprint density at radius 1 is 1.54 bits per heavy atom. The van der Waals surface area contributed by atoms with Gasteiger partial charge in [0.25, 0.3) is 0 Å². The average molecular weight is 367 g/mol. The Morgan fingerprint density at radius 3 is 2.79 bits per heavy atom. The average Bonchev–Trinajstić information content (AvgIpc) is 3.16. The number of likely N-dealkylation sites (tertiary alicyclic amines) is 1. The lowest BCUT2D eigenvalue weighted by Crippen LogP contribution is -2.41. The molecule has 2 aliphatic heterocycles. The number of halogens is 3. The zero-order valence-corrected chi connectivity index (χ0v) is 14.0. The molecule has 5 nitrogen and oxygen atoms in total. The maximum atomic E-state index is 10.6. The molecule has 1 aromatic rings. The number of carboxylic acid groups (broad SMARTS) is 1. The fourth-order valence-corrected chi connectivity index (χ4v) is 3.73. The third-order valence-corrected chi connectivity index (χ3v) is 4.93. The van der Waals surface area contributed by atoms with Crippen LogP contribution >= 0.6 is 11.3 Å². The third-order valence-electron chi connectivity index (χ3n) is 4.07. The summed E-state index contributed by atoms with van der Waals surface area (Å²) < 4.78 is 43.2. The van der Waals surface area contributed by atoms with E-state index in [2.05, 4.69) is 22.4 Å². The third kappa shape index (κ3) is 4.92. The summed E-state index contributed by atoms with van der Waals surface area (Å²) in [6.07, 6.45) is -2.12. The minimum Gasteiger partial charge on any atom is -0.475 e. The summed E-state index contributed by atoms with van der Waals surface area (Å²) in [6.45, 7) is 2.94. The molecule has 3 atom stereocenters. The van der Waals surface area contributed by atoms with E-state index < -0.39 is 12.1 Å². The molecule has 0 aromatic carbocycles. The fraction of sp³-hybridized carbons (Fsp3) is 0.667. The maximum Gasteiger partial charge on any atom is 0.490 e. The lowest BCUT2D eigenvalue weighted by molar-refractivity contribution is -0.192. The molecule has 2 saturated heterocycles. The zero-order valence-electron chi connectivity index (χ0n) is 13.2. The van der Waals surface area contributed by atoms with Crippen molar-refractivity contribution in [3.05, 3.63) is 22.4 Å². The molecule has 1 N–H and O–H groups in total. The summed E-state index contributed by atoms with van der Waals surface area (Å²) in [5.41, 5.74) is 0. The van der Waals surface area contributed by atoms with Gasteiger partial charge in [-0.25, -0.2) is 4.79 Å². The number of alkyl halides is 3. The van der Waals surface area contributed by atoms with Crippen LogP contribution < -0.4 is 0 Å². The monoisotopic (exact) mass is 367 g/mol. The van der Waals surface area contributed by atoms with Gasteiger partial charge in [0.15, 0.2) is 0 Å².